The lowest BCUT2D eigenvalue weighted by atomic mass is 9.73. The van der Waals surface area contributed by atoms with E-state index < -0.39 is 29.5 Å². The number of esters is 1. The normalized spacial score (nSPS) is 30.9. The van der Waals surface area contributed by atoms with E-state index in [0.29, 0.717) is 18.0 Å². The van der Waals surface area contributed by atoms with Gasteiger partial charge < -0.3 is 9.84 Å². The zero-order chi connectivity index (χ0) is 18.7. The van der Waals surface area contributed by atoms with Gasteiger partial charge in [0.1, 0.15) is 12.0 Å². The van der Waals surface area contributed by atoms with Crippen LogP contribution < -0.4 is 0 Å². The molecule has 3 rings (SSSR count). The Morgan fingerprint density at radius 3 is 2.65 bits per heavy atom. The third kappa shape index (κ3) is 3.37. The minimum absolute atomic E-state index is 0.292. The number of carboxylic acid groups (broad SMARTS) is 1. The fourth-order valence-corrected chi connectivity index (χ4v) is 4.97. The number of unbranched alkanes of at least 4 members (excludes halogenated alkanes) is 2. The first-order chi connectivity index (χ1) is 12.5. The van der Waals surface area contributed by atoms with Gasteiger partial charge in [-0.05, 0) is 38.4 Å². The van der Waals surface area contributed by atoms with Gasteiger partial charge in [-0.15, -0.1) is 0 Å². The average molecular weight is 359 g/mol. The minimum atomic E-state index is -0.848. The second-order valence-electron chi connectivity index (χ2n) is 7.73. The Balaban J connectivity index is 1.84. The van der Waals surface area contributed by atoms with Gasteiger partial charge in [-0.3, -0.25) is 9.69 Å². The maximum atomic E-state index is 12.5. The molecule has 142 valence electrons. The number of carbonyl (C=O) groups is 2. The molecule has 1 aromatic rings. The molecule has 4 atom stereocenters. The quantitative estimate of drug-likeness (QED) is 0.593. The molecule has 5 heteroatoms. The summed E-state index contributed by atoms with van der Waals surface area (Å²) in [6, 6.07) is 9.12. The largest absolute Gasteiger partial charge is 0.481 e. The van der Waals surface area contributed by atoms with Crippen LogP contribution in [-0.2, 0) is 9.53 Å². The van der Waals surface area contributed by atoms with E-state index in [1.807, 2.05) is 6.07 Å². The number of hydrogen-bond acceptors (Lipinski definition) is 4. The van der Waals surface area contributed by atoms with Crippen molar-refractivity contribution in [1.29, 1.82) is 0 Å². The molecule has 0 radical (unpaired) electrons. The van der Waals surface area contributed by atoms with Gasteiger partial charge in [-0.2, -0.15) is 0 Å². The Kier molecular flexibility index (Phi) is 5.66. The molecule has 0 aliphatic carbocycles. The number of nitrogens with zero attached hydrogens (tertiary/aromatic N) is 1. The maximum Gasteiger partial charge on any atom is 0.338 e. The van der Waals surface area contributed by atoms with E-state index in [1.54, 1.807) is 24.3 Å². The van der Waals surface area contributed by atoms with Gasteiger partial charge in [-0.1, -0.05) is 44.4 Å². The van der Waals surface area contributed by atoms with Gasteiger partial charge in [-0.25, -0.2) is 4.79 Å². The van der Waals surface area contributed by atoms with Crippen molar-refractivity contribution < 1.29 is 19.4 Å². The molecule has 1 N–H and O–H groups in total. The van der Waals surface area contributed by atoms with Crippen LogP contribution in [0.4, 0.5) is 0 Å². The zero-order valence-electron chi connectivity index (χ0n) is 15.7. The highest BCUT2D eigenvalue weighted by Crippen LogP contribution is 2.50. The van der Waals surface area contributed by atoms with E-state index >= 15 is 0 Å². The number of carboxylic acids is 1. The highest BCUT2D eigenvalue weighted by Gasteiger charge is 2.59. The maximum absolute atomic E-state index is 12.5. The predicted molar refractivity (Wildman–Crippen MR) is 99.0 cm³/mol. The van der Waals surface area contributed by atoms with Gasteiger partial charge in [0, 0.05) is 18.0 Å². The molecule has 0 spiro atoms. The lowest BCUT2D eigenvalue weighted by molar-refractivity contribution is -0.160. The second-order valence-corrected chi connectivity index (χ2v) is 7.73. The van der Waals surface area contributed by atoms with Crippen molar-refractivity contribution in [2.24, 2.45) is 5.92 Å². The van der Waals surface area contributed by atoms with Crippen LogP contribution in [0.3, 0.4) is 0 Å². The summed E-state index contributed by atoms with van der Waals surface area (Å²) in [6.45, 7) is 2.15. The summed E-state index contributed by atoms with van der Waals surface area (Å²) in [5.41, 5.74) is 0.0777. The molecule has 5 nitrogen and oxygen atoms in total. The summed E-state index contributed by atoms with van der Waals surface area (Å²) in [6.07, 6.45) is 5.95. The van der Waals surface area contributed by atoms with Gasteiger partial charge >= 0.3 is 11.9 Å². The van der Waals surface area contributed by atoms with E-state index in [0.717, 1.165) is 38.5 Å². The number of fused-ring (bicyclic) bond motifs is 2. The molecule has 2 fully saturated rings. The van der Waals surface area contributed by atoms with E-state index in [4.69, 9.17) is 4.74 Å². The van der Waals surface area contributed by atoms with Crippen molar-refractivity contribution in [3.63, 3.8) is 0 Å². The van der Waals surface area contributed by atoms with Gasteiger partial charge in [0.25, 0.3) is 0 Å². The fraction of sp³-hybridized carbons (Fsp3) is 0.619. The SMILES string of the molecule is CCCCCC12CCC(C[C@H](OC(=O)c3ccccc3)C1C(=O)O)N2C. The minimum Gasteiger partial charge on any atom is -0.481 e. The molecule has 1 aromatic carbocycles. The monoisotopic (exact) mass is 359 g/mol. The fourth-order valence-electron chi connectivity index (χ4n) is 4.97. The zero-order valence-corrected chi connectivity index (χ0v) is 15.7. The van der Waals surface area contributed by atoms with Crippen molar-refractivity contribution in [2.75, 3.05) is 7.05 Å². The van der Waals surface area contributed by atoms with Crippen molar-refractivity contribution in [3.8, 4) is 0 Å². The summed E-state index contributed by atoms with van der Waals surface area (Å²) in [7, 11) is 2.05. The second kappa shape index (κ2) is 7.78. The Labute approximate surface area is 155 Å². The van der Waals surface area contributed by atoms with Crippen LogP contribution in [0.25, 0.3) is 0 Å². The molecular formula is C21H29NO4. The Bertz CT molecular complexity index is 647. The van der Waals surface area contributed by atoms with E-state index in [1.165, 1.54) is 0 Å². The van der Waals surface area contributed by atoms with Crippen molar-refractivity contribution in [2.45, 2.75) is 69.6 Å². The molecule has 2 bridgehead atoms. The predicted octanol–water partition coefficient (Wildman–Crippen LogP) is 3.73. The number of carbonyl (C=O) groups excluding carboxylic acids is 1. The van der Waals surface area contributed by atoms with Gasteiger partial charge in [0.2, 0.25) is 0 Å². The Morgan fingerprint density at radius 1 is 1.27 bits per heavy atom. The number of aliphatic carboxylic acids is 1. The van der Waals surface area contributed by atoms with E-state index in [9.17, 15) is 14.7 Å². The first-order valence-corrected chi connectivity index (χ1v) is 9.71. The molecule has 2 aliphatic heterocycles. The van der Waals surface area contributed by atoms with Crippen LogP contribution in [0.2, 0.25) is 0 Å². The molecule has 3 unspecified atom stereocenters. The lowest BCUT2D eigenvalue weighted by Gasteiger charge is -2.49. The van der Waals surface area contributed by atoms with Crippen LogP contribution >= 0.6 is 0 Å². The van der Waals surface area contributed by atoms with Crippen LogP contribution in [0.15, 0.2) is 30.3 Å². The lowest BCUT2D eigenvalue weighted by Crippen LogP contribution is -2.62. The highest BCUT2D eigenvalue weighted by molar-refractivity contribution is 5.89. The standard InChI is InChI=1S/C21H29NO4/c1-3-4-8-12-21-13-11-16(22(21)2)14-17(18(21)19(23)24)26-20(25)15-9-6-5-7-10-15/h5-7,9-10,16-18H,3-4,8,11-14H2,1-2H3,(H,23,24)/t16?,17-,18?,21?/m0/s1. The van der Waals surface area contributed by atoms with Crippen molar-refractivity contribution in [1.82, 2.24) is 4.90 Å². The third-order valence-corrected chi connectivity index (χ3v) is 6.36. The van der Waals surface area contributed by atoms with Crippen LogP contribution in [0.5, 0.6) is 0 Å². The first-order valence-electron chi connectivity index (χ1n) is 9.71. The summed E-state index contributed by atoms with van der Waals surface area (Å²) >= 11 is 0. The van der Waals surface area contributed by atoms with Crippen molar-refractivity contribution in [3.05, 3.63) is 35.9 Å². The molecule has 2 heterocycles. The number of piperidine rings is 1. The number of rotatable bonds is 7. The van der Waals surface area contributed by atoms with Crippen LogP contribution in [0, 0.1) is 5.92 Å². The number of benzene rings is 1. The molecule has 2 aliphatic rings. The molecular weight excluding hydrogens is 330 g/mol. The number of ether oxygens (including phenoxy) is 1. The van der Waals surface area contributed by atoms with Gasteiger partial charge in [0.15, 0.2) is 0 Å². The van der Waals surface area contributed by atoms with Gasteiger partial charge in [0.05, 0.1) is 5.56 Å². The summed E-state index contributed by atoms with van der Waals surface area (Å²) in [5.74, 6) is -1.94. The summed E-state index contributed by atoms with van der Waals surface area (Å²) in [5, 5.41) is 10.0. The van der Waals surface area contributed by atoms with E-state index in [2.05, 4.69) is 18.9 Å². The molecule has 0 aromatic heterocycles. The average Bonchev–Trinajstić information content (AvgIpc) is 2.83. The molecule has 26 heavy (non-hydrogen) atoms. The molecule has 0 saturated carbocycles. The highest BCUT2D eigenvalue weighted by atomic mass is 16.5. The number of hydrogen-bond donors (Lipinski definition) is 1. The van der Waals surface area contributed by atoms with Crippen LogP contribution in [0.1, 0.15) is 62.2 Å². The molecule has 2 saturated heterocycles. The van der Waals surface area contributed by atoms with E-state index in [-0.39, 0.29) is 0 Å². The first kappa shape index (κ1) is 18.9. The van der Waals surface area contributed by atoms with Crippen molar-refractivity contribution >= 4 is 11.9 Å². The van der Waals surface area contributed by atoms with Crippen LogP contribution in [-0.4, -0.2) is 46.7 Å². The third-order valence-electron chi connectivity index (χ3n) is 6.36. The molecule has 0 amide bonds. The Hall–Kier alpha value is -1.88. The summed E-state index contributed by atoms with van der Waals surface area (Å²) in [4.78, 5) is 27.0. The smallest absolute Gasteiger partial charge is 0.338 e. The topological polar surface area (TPSA) is 66.8 Å². The Morgan fingerprint density at radius 2 is 2.00 bits per heavy atom. The summed E-state index contributed by atoms with van der Waals surface area (Å²) < 4.78 is 5.77.